The summed E-state index contributed by atoms with van der Waals surface area (Å²) in [5.41, 5.74) is 0. The molecule has 0 aliphatic carbocycles. The van der Waals surface area contributed by atoms with E-state index in [1.165, 1.54) is 25.7 Å². The molecule has 2 heterocycles. The van der Waals surface area contributed by atoms with Crippen LogP contribution >= 0.6 is 12.4 Å². The lowest BCUT2D eigenvalue weighted by Crippen LogP contribution is -2.45. The first-order valence-electron chi connectivity index (χ1n) is 7.67. The number of nitrogens with one attached hydrogen (secondary N) is 1. The van der Waals surface area contributed by atoms with Crippen molar-refractivity contribution in [2.24, 2.45) is 11.8 Å². The van der Waals surface area contributed by atoms with Crippen LogP contribution in [-0.2, 0) is 4.79 Å². The van der Waals surface area contributed by atoms with Crippen LogP contribution in [0.15, 0.2) is 0 Å². The Balaban J connectivity index is 0.00000180. The summed E-state index contributed by atoms with van der Waals surface area (Å²) in [5, 5.41) is 3.38. The number of hydrogen-bond donors (Lipinski definition) is 1. The zero-order valence-corrected chi connectivity index (χ0v) is 13.2. The Bertz CT molecular complexity index is 279. The second kappa shape index (κ2) is 8.11. The molecule has 2 saturated heterocycles. The molecule has 0 bridgehead atoms. The maximum atomic E-state index is 12.3. The second-order valence-corrected chi connectivity index (χ2v) is 6.31. The number of nitrogens with zero attached hydrogens (tertiary/aromatic N) is 1. The molecule has 0 spiro atoms. The lowest BCUT2D eigenvalue weighted by molar-refractivity contribution is -0.135. The first kappa shape index (κ1) is 16.8. The SMILES string of the molecule is CC1CCC(C)N(C(=O)CCC2CCNCC2)C1.Cl. The Morgan fingerprint density at radius 2 is 1.84 bits per heavy atom. The minimum absolute atomic E-state index is 0. The van der Waals surface area contributed by atoms with Gasteiger partial charge in [-0.3, -0.25) is 4.79 Å². The van der Waals surface area contributed by atoms with Crippen LogP contribution in [0.5, 0.6) is 0 Å². The van der Waals surface area contributed by atoms with Gasteiger partial charge in [0.1, 0.15) is 0 Å². The predicted molar refractivity (Wildman–Crippen MR) is 81.6 cm³/mol. The molecule has 2 aliphatic rings. The molecule has 0 aromatic heterocycles. The number of likely N-dealkylation sites (tertiary alicyclic amines) is 1. The van der Waals surface area contributed by atoms with Crippen molar-refractivity contribution in [2.45, 2.75) is 58.4 Å². The van der Waals surface area contributed by atoms with Gasteiger partial charge >= 0.3 is 0 Å². The van der Waals surface area contributed by atoms with Gasteiger partial charge in [0.15, 0.2) is 0 Å². The molecule has 19 heavy (non-hydrogen) atoms. The average Bonchev–Trinajstić information content (AvgIpc) is 2.40. The zero-order chi connectivity index (χ0) is 13.0. The summed E-state index contributed by atoms with van der Waals surface area (Å²) in [4.78, 5) is 14.4. The normalized spacial score (nSPS) is 28.8. The van der Waals surface area contributed by atoms with Crippen molar-refractivity contribution in [3.8, 4) is 0 Å². The summed E-state index contributed by atoms with van der Waals surface area (Å²) >= 11 is 0. The van der Waals surface area contributed by atoms with Crippen LogP contribution < -0.4 is 5.32 Å². The van der Waals surface area contributed by atoms with E-state index in [1.807, 2.05) is 0 Å². The maximum Gasteiger partial charge on any atom is 0.222 e. The van der Waals surface area contributed by atoms with E-state index in [4.69, 9.17) is 0 Å². The maximum absolute atomic E-state index is 12.3. The van der Waals surface area contributed by atoms with Gasteiger partial charge in [-0.05, 0) is 64.0 Å². The van der Waals surface area contributed by atoms with E-state index in [0.717, 1.165) is 38.4 Å². The van der Waals surface area contributed by atoms with Gasteiger partial charge in [-0.25, -0.2) is 0 Å². The Labute approximate surface area is 123 Å². The molecule has 4 heteroatoms. The molecule has 112 valence electrons. The molecule has 2 fully saturated rings. The molecule has 1 amide bonds. The summed E-state index contributed by atoms with van der Waals surface area (Å²) in [7, 11) is 0. The lowest BCUT2D eigenvalue weighted by Gasteiger charge is -2.37. The van der Waals surface area contributed by atoms with Crippen molar-refractivity contribution in [2.75, 3.05) is 19.6 Å². The largest absolute Gasteiger partial charge is 0.340 e. The zero-order valence-electron chi connectivity index (χ0n) is 12.4. The summed E-state index contributed by atoms with van der Waals surface area (Å²) < 4.78 is 0. The number of carbonyl (C=O) groups excluding carboxylic acids is 1. The third-order valence-electron chi connectivity index (χ3n) is 4.66. The Morgan fingerprint density at radius 1 is 1.16 bits per heavy atom. The van der Waals surface area contributed by atoms with Crippen molar-refractivity contribution < 1.29 is 4.79 Å². The van der Waals surface area contributed by atoms with E-state index in [9.17, 15) is 4.79 Å². The number of piperidine rings is 2. The van der Waals surface area contributed by atoms with E-state index < -0.39 is 0 Å². The molecule has 0 aromatic carbocycles. The second-order valence-electron chi connectivity index (χ2n) is 6.31. The molecule has 2 rings (SSSR count). The van der Waals surface area contributed by atoms with Gasteiger partial charge in [0.05, 0.1) is 0 Å². The van der Waals surface area contributed by atoms with Crippen LogP contribution in [0.3, 0.4) is 0 Å². The summed E-state index contributed by atoms with van der Waals surface area (Å²) in [6.07, 6.45) is 6.82. The van der Waals surface area contributed by atoms with Crippen LogP contribution in [0.4, 0.5) is 0 Å². The van der Waals surface area contributed by atoms with E-state index in [0.29, 0.717) is 17.9 Å². The summed E-state index contributed by atoms with van der Waals surface area (Å²) in [6.45, 7) is 7.71. The van der Waals surface area contributed by atoms with E-state index in [-0.39, 0.29) is 12.4 Å². The molecular weight excluding hydrogens is 260 g/mol. The Morgan fingerprint density at radius 3 is 2.53 bits per heavy atom. The monoisotopic (exact) mass is 288 g/mol. The first-order valence-corrected chi connectivity index (χ1v) is 7.67. The van der Waals surface area contributed by atoms with Gasteiger partial charge in [-0.1, -0.05) is 6.92 Å². The van der Waals surface area contributed by atoms with Crippen molar-refractivity contribution in [3.05, 3.63) is 0 Å². The van der Waals surface area contributed by atoms with Crippen molar-refractivity contribution >= 4 is 18.3 Å². The van der Waals surface area contributed by atoms with Crippen LogP contribution in [0, 0.1) is 11.8 Å². The van der Waals surface area contributed by atoms with E-state index in [1.54, 1.807) is 0 Å². The fourth-order valence-corrected chi connectivity index (χ4v) is 3.28. The number of rotatable bonds is 3. The first-order chi connectivity index (χ1) is 8.66. The Kier molecular flexibility index (Phi) is 7.16. The third kappa shape index (κ3) is 4.96. The van der Waals surface area contributed by atoms with Crippen LogP contribution in [0.1, 0.15) is 52.4 Å². The minimum atomic E-state index is 0. The number of hydrogen-bond acceptors (Lipinski definition) is 2. The fourth-order valence-electron chi connectivity index (χ4n) is 3.28. The van der Waals surface area contributed by atoms with Gasteiger partial charge < -0.3 is 10.2 Å². The molecule has 1 N–H and O–H groups in total. The lowest BCUT2D eigenvalue weighted by atomic mass is 9.91. The van der Waals surface area contributed by atoms with Crippen molar-refractivity contribution in [3.63, 3.8) is 0 Å². The van der Waals surface area contributed by atoms with Gasteiger partial charge in [0.25, 0.3) is 0 Å². The molecule has 2 unspecified atom stereocenters. The van der Waals surface area contributed by atoms with Crippen LogP contribution in [0.25, 0.3) is 0 Å². The standard InChI is InChI=1S/C15H28N2O.ClH/c1-12-3-4-13(2)17(11-12)15(18)6-5-14-7-9-16-10-8-14;/h12-14,16H,3-11H2,1-2H3;1H. The topological polar surface area (TPSA) is 32.3 Å². The smallest absolute Gasteiger partial charge is 0.222 e. The van der Waals surface area contributed by atoms with Crippen LogP contribution in [0.2, 0.25) is 0 Å². The number of amides is 1. The van der Waals surface area contributed by atoms with E-state index in [2.05, 4.69) is 24.1 Å². The molecule has 0 radical (unpaired) electrons. The van der Waals surface area contributed by atoms with Gasteiger partial charge in [0, 0.05) is 19.0 Å². The van der Waals surface area contributed by atoms with Gasteiger partial charge in [-0.2, -0.15) is 0 Å². The molecule has 0 saturated carbocycles. The number of carbonyl (C=O) groups is 1. The molecule has 0 aromatic rings. The molecule has 3 nitrogen and oxygen atoms in total. The highest BCUT2D eigenvalue weighted by molar-refractivity contribution is 5.85. The summed E-state index contributed by atoms with van der Waals surface area (Å²) in [5.74, 6) is 1.85. The predicted octanol–water partition coefficient (Wildman–Crippen LogP) is 2.84. The number of halogens is 1. The Hall–Kier alpha value is -0.280. The van der Waals surface area contributed by atoms with Crippen molar-refractivity contribution in [1.29, 1.82) is 0 Å². The highest BCUT2D eigenvalue weighted by Crippen LogP contribution is 2.24. The van der Waals surface area contributed by atoms with Gasteiger partial charge in [0.2, 0.25) is 5.91 Å². The molecule has 2 aliphatic heterocycles. The fraction of sp³-hybridized carbons (Fsp3) is 0.933. The highest BCUT2D eigenvalue weighted by atomic mass is 35.5. The average molecular weight is 289 g/mol. The van der Waals surface area contributed by atoms with Crippen LogP contribution in [-0.4, -0.2) is 36.5 Å². The van der Waals surface area contributed by atoms with Gasteiger partial charge in [-0.15, -0.1) is 12.4 Å². The quantitative estimate of drug-likeness (QED) is 0.866. The summed E-state index contributed by atoms with van der Waals surface area (Å²) in [6, 6.07) is 0.460. The highest BCUT2D eigenvalue weighted by Gasteiger charge is 2.27. The molecule has 2 atom stereocenters. The minimum Gasteiger partial charge on any atom is -0.340 e. The van der Waals surface area contributed by atoms with Crippen molar-refractivity contribution in [1.82, 2.24) is 10.2 Å². The van der Waals surface area contributed by atoms with E-state index >= 15 is 0 Å². The third-order valence-corrected chi connectivity index (χ3v) is 4.66. The molecular formula is C15H29ClN2O.